The number of carbonyl (C=O) groups excluding carboxylic acids is 2. The molecule has 0 radical (unpaired) electrons. The Morgan fingerprint density at radius 1 is 1.32 bits per heavy atom. The second-order valence-corrected chi connectivity index (χ2v) is 5.84. The van der Waals surface area contributed by atoms with Crippen LogP contribution in [0.15, 0.2) is 24.3 Å². The molecule has 0 bridgehead atoms. The normalized spacial score (nSPS) is 10.5. The first-order valence-corrected chi connectivity index (χ1v) is 7.30. The van der Waals surface area contributed by atoms with E-state index < -0.39 is 11.7 Å². The minimum Gasteiger partial charge on any atom is -0.444 e. The Kier molecular flexibility index (Phi) is 6.78. The van der Waals surface area contributed by atoms with Gasteiger partial charge in [0.05, 0.1) is 5.49 Å². The van der Waals surface area contributed by atoms with Crippen molar-refractivity contribution >= 4 is 35.4 Å². The molecule has 0 aromatic heterocycles. The first kappa shape index (κ1) is 17.9. The molecule has 22 heavy (non-hydrogen) atoms. The van der Waals surface area contributed by atoms with Crippen molar-refractivity contribution < 1.29 is 14.3 Å². The van der Waals surface area contributed by atoms with Gasteiger partial charge in [0.25, 0.3) is 0 Å². The molecule has 0 spiro atoms. The maximum atomic E-state index is 11.8. The van der Waals surface area contributed by atoms with Gasteiger partial charge in [0, 0.05) is 12.2 Å². The number of rotatable bonds is 6. The Hall–Kier alpha value is -2.15. The van der Waals surface area contributed by atoms with E-state index in [0.29, 0.717) is 12.2 Å². The van der Waals surface area contributed by atoms with Crippen LogP contribution in [0.1, 0.15) is 26.3 Å². The molecule has 3 N–H and O–H groups in total. The van der Waals surface area contributed by atoms with Gasteiger partial charge in [-0.3, -0.25) is 4.79 Å². The van der Waals surface area contributed by atoms with Crippen molar-refractivity contribution in [3.63, 3.8) is 0 Å². The van der Waals surface area contributed by atoms with Crippen molar-refractivity contribution in [3.8, 4) is 0 Å². The first-order valence-electron chi connectivity index (χ1n) is 6.83. The third-order valence-electron chi connectivity index (χ3n) is 2.39. The number of amides is 2. The van der Waals surface area contributed by atoms with Crippen molar-refractivity contribution in [2.24, 2.45) is 0 Å². The lowest BCUT2D eigenvalue weighted by Crippen LogP contribution is -2.37. The number of hydrogen-bond donors (Lipinski definition) is 3. The van der Waals surface area contributed by atoms with Crippen molar-refractivity contribution in [1.82, 2.24) is 10.6 Å². The zero-order valence-corrected chi connectivity index (χ0v) is 13.8. The molecule has 1 aromatic rings. The summed E-state index contributed by atoms with van der Waals surface area (Å²) in [5, 5.41) is 8.02. The lowest BCUT2D eigenvalue weighted by molar-refractivity contribution is -0.115. The molecule has 0 aliphatic heterocycles. The summed E-state index contributed by atoms with van der Waals surface area (Å²) in [6.07, 6.45) is -0.624. The van der Waals surface area contributed by atoms with E-state index in [2.05, 4.69) is 16.0 Å². The Morgan fingerprint density at radius 2 is 2.05 bits per heavy atom. The predicted octanol–water partition coefficient (Wildman–Crippen LogP) is 2.20. The van der Waals surface area contributed by atoms with Crippen LogP contribution in [0.2, 0.25) is 0 Å². The summed E-state index contributed by atoms with van der Waals surface area (Å²) in [6, 6.07) is 7.35. The molecular weight excluding hydrogens is 302 g/mol. The highest BCUT2D eigenvalue weighted by atomic mass is 32.1. The van der Waals surface area contributed by atoms with Gasteiger partial charge in [-0.2, -0.15) is 0 Å². The summed E-state index contributed by atoms with van der Waals surface area (Å²) in [7, 11) is 0. The number of thiocarbonyl (C=S) groups is 1. The highest BCUT2D eigenvalue weighted by Crippen LogP contribution is 2.10. The van der Waals surface area contributed by atoms with Gasteiger partial charge < -0.3 is 20.7 Å². The molecule has 7 heteroatoms. The molecule has 0 atom stereocenters. The van der Waals surface area contributed by atoms with E-state index in [1.807, 2.05) is 18.2 Å². The molecule has 1 rings (SSSR count). The standard InChI is InChI=1S/C15H21N3O3S/c1-15(2,3)21-14(20)17-9-13(19)18-12-6-4-5-11(7-12)8-16-10-22/h4-7,10H,8-9H2,1-3H3,(H,16,22)(H,17,20)(H,18,19). The highest BCUT2D eigenvalue weighted by molar-refractivity contribution is 7.78. The molecule has 0 aliphatic rings. The third-order valence-corrected chi connectivity index (χ3v) is 2.56. The van der Waals surface area contributed by atoms with E-state index in [1.54, 1.807) is 26.8 Å². The lowest BCUT2D eigenvalue weighted by atomic mass is 10.2. The molecule has 0 saturated carbocycles. The van der Waals surface area contributed by atoms with E-state index >= 15 is 0 Å². The smallest absolute Gasteiger partial charge is 0.408 e. The van der Waals surface area contributed by atoms with Gasteiger partial charge in [0.2, 0.25) is 5.91 Å². The van der Waals surface area contributed by atoms with Gasteiger partial charge in [-0.1, -0.05) is 24.4 Å². The van der Waals surface area contributed by atoms with E-state index in [9.17, 15) is 9.59 Å². The number of carbonyl (C=O) groups is 2. The maximum Gasteiger partial charge on any atom is 0.408 e. The van der Waals surface area contributed by atoms with Crippen molar-refractivity contribution in [2.75, 3.05) is 11.9 Å². The minimum atomic E-state index is -0.624. The molecule has 120 valence electrons. The van der Waals surface area contributed by atoms with Gasteiger partial charge >= 0.3 is 6.09 Å². The van der Waals surface area contributed by atoms with Crippen LogP contribution in [0.3, 0.4) is 0 Å². The largest absolute Gasteiger partial charge is 0.444 e. The van der Waals surface area contributed by atoms with Gasteiger partial charge in [-0.05, 0) is 38.5 Å². The molecule has 2 amide bonds. The Morgan fingerprint density at radius 3 is 2.68 bits per heavy atom. The monoisotopic (exact) mass is 323 g/mol. The van der Waals surface area contributed by atoms with E-state index in [1.165, 1.54) is 5.49 Å². The molecule has 6 nitrogen and oxygen atoms in total. The van der Waals surface area contributed by atoms with Crippen LogP contribution < -0.4 is 16.0 Å². The number of hydrogen-bond acceptors (Lipinski definition) is 4. The Bertz CT molecular complexity index is 541. The molecule has 0 unspecified atom stereocenters. The van der Waals surface area contributed by atoms with Crippen LogP contribution in [0.25, 0.3) is 0 Å². The Balaban J connectivity index is 2.45. The Labute approximate surface area is 135 Å². The van der Waals surface area contributed by atoms with Crippen LogP contribution in [-0.2, 0) is 16.1 Å². The summed E-state index contributed by atoms with van der Waals surface area (Å²) in [5.41, 5.74) is 2.48. The zero-order valence-electron chi connectivity index (χ0n) is 12.9. The van der Waals surface area contributed by atoms with Crippen LogP contribution >= 0.6 is 12.2 Å². The summed E-state index contributed by atoms with van der Waals surface area (Å²) >= 11 is 4.69. The van der Waals surface area contributed by atoms with Crippen molar-refractivity contribution in [1.29, 1.82) is 0 Å². The molecule has 0 aliphatic carbocycles. The number of ether oxygens (including phenoxy) is 1. The van der Waals surface area contributed by atoms with Crippen LogP contribution in [0, 0.1) is 0 Å². The number of nitrogens with one attached hydrogen (secondary N) is 3. The number of benzene rings is 1. The second-order valence-electron chi connectivity index (χ2n) is 5.60. The molecule has 0 fully saturated rings. The predicted molar refractivity (Wildman–Crippen MR) is 89.8 cm³/mol. The second kappa shape index (κ2) is 8.33. The quantitative estimate of drug-likeness (QED) is 0.699. The lowest BCUT2D eigenvalue weighted by Gasteiger charge is -2.19. The van der Waals surface area contributed by atoms with Crippen LogP contribution in [-0.4, -0.2) is 29.6 Å². The number of anilines is 1. The van der Waals surface area contributed by atoms with E-state index in [0.717, 1.165) is 5.56 Å². The molecular formula is C15H21N3O3S. The van der Waals surface area contributed by atoms with Gasteiger partial charge in [0.1, 0.15) is 12.1 Å². The number of alkyl carbamates (subject to hydrolysis) is 1. The van der Waals surface area contributed by atoms with Gasteiger partial charge in [-0.15, -0.1) is 0 Å². The minimum absolute atomic E-state index is 0.155. The van der Waals surface area contributed by atoms with Crippen LogP contribution in [0.5, 0.6) is 0 Å². The maximum absolute atomic E-state index is 11.8. The fourth-order valence-electron chi connectivity index (χ4n) is 1.59. The van der Waals surface area contributed by atoms with E-state index in [4.69, 9.17) is 17.0 Å². The summed E-state index contributed by atoms with van der Waals surface area (Å²) in [5.74, 6) is -0.328. The fraction of sp³-hybridized carbons (Fsp3) is 0.400. The third kappa shape index (κ3) is 7.58. The average molecular weight is 323 g/mol. The molecule has 0 heterocycles. The van der Waals surface area contributed by atoms with Crippen molar-refractivity contribution in [3.05, 3.63) is 29.8 Å². The summed E-state index contributed by atoms with van der Waals surface area (Å²) in [6.45, 7) is 5.70. The zero-order chi connectivity index (χ0) is 16.6. The fourth-order valence-corrected chi connectivity index (χ4v) is 1.67. The first-order chi connectivity index (χ1) is 10.3. The highest BCUT2D eigenvalue weighted by Gasteiger charge is 2.16. The van der Waals surface area contributed by atoms with Crippen LogP contribution in [0.4, 0.5) is 10.5 Å². The molecule has 1 aromatic carbocycles. The van der Waals surface area contributed by atoms with Gasteiger partial charge in [0.15, 0.2) is 0 Å². The molecule has 0 saturated heterocycles. The SMILES string of the molecule is CC(C)(C)OC(=O)NCC(=O)Nc1cccc(CNC=S)c1. The summed E-state index contributed by atoms with van der Waals surface area (Å²) < 4.78 is 5.05. The topological polar surface area (TPSA) is 79.5 Å². The summed E-state index contributed by atoms with van der Waals surface area (Å²) in [4.78, 5) is 23.2. The van der Waals surface area contributed by atoms with Gasteiger partial charge in [-0.25, -0.2) is 4.79 Å². The average Bonchev–Trinajstić information content (AvgIpc) is 2.41. The van der Waals surface area contributed by atoms with E-state index in [-0.39, 0.29) is 12.5 Å². The van der Waals surface area contributed by atoms with Crippen molar-refractivity contribution in [2.45, 2.75) is 32.9 Å².